The summed E-state index contributed by atoms with van der Waals surface area (Å²) < 4.78 is 14.1. The largest absolute Gasteiger partial charge is 0.396 e. The van der Waals surface area contributed by atoms with E-state index in [0.717, 1.165) is 28.0 Å². The lowest BCUT2D eigenvalue weighted by atomic mass is 10.0. The molecule has 0 radical (unpaired) electrons. The first-order chi connectivity index (χ1) is 9.38. The summed E-state index contributed by atoms with van der Waals surface area (Å²) in [5.41, 5.74) is 10.8. The van der Waals surface area contributed by atoms with E-state index in [0.29, 0.717) is 4.47 Å². The number of allylic oxidation sites excluding steroid dienone is 1. The highest BCUT2D eigenvalue weighted by Crippen LogP contribution is 2.30. The quantitative estimate of drug-likeness (QED) is 0.805. The van der Waals surface area contributed by atoms with Crippen molar-refractivity contribution in [3.8, 4) is 0 Å². The molecule has 104 valence electrons. The molecule has 0 atom stereocenters. The van der Waals surface area contributed by atoms with Crippen molar-refractivity contribution in [3.05, 3.63) is 57.1 Å². The van der Waals surface area contributed by atoms with E-state index in [1.165, 1.54) is 6.07 Å². The molecule has 0 saturated heterocycles. The van der Waals surface area contributed by atoms with Crippen LogP contribution in [-0.4, -0.2) is 4.98 Å². The molecule has 0 aliphatic carbocycles. The van der Waals surface area contributed by atoms with Gasteiger partial charge in [-0.25, -0.2) is 4.39 Å². The molecule has 0 fully saturated rings. The number of hydrogen-bond donors (Lipinski definition) is 1. The minimum Gasteiger partial charge on any atom is -0.396 e. The highest BCUT2D eigenvalue weighted by molar-refractivity contribution is 9.10. The average molecular weight is 335 g/mol. The number of nitrogen functional groups attached to an aromatic ring is 1. The smallest absolute Gasteiger partial charge is 0.147 e. The number of aromatic nitrogens is 1. The summed E-state index contributed by atoms with van der Waals surface area (Å²) >= 11 is 3.37. The zero-order chi connectivity index (χ0) is 14.9. The maximum atomic E-state index is 13.4. The van der Waals surface area contributed by atoms with Crippen LogP contribution in [0.4, 0.5) is 10.1 Å². The van der Waals surface area contributed by atoms with Gasteiger partial charge in [-0.2, -0.15) is 0 Å². The van der Waals surface area contributed by atoms with Gasteiger partial charge in [0.25, 0.3) is 0 Å². The number of pyridine rings is 1. The lowest BCUT2D eigenvalue weighted by molar-refractivity contribution is 0.631. The molecule has 2 nitrogen and oxygen atoms in total. The van der Waals surface area contributed by atoms with Crippen molar-refractivity contribution in [2.24, 2.45) is 0 Å². The Bertz CT molecular complexity index is 693. The van der Waals surface area contributed by atoms with Crippen LogP contribution in [0.3, 0.4) is 0 Å². The van der Waals surface area contributed by atoms with Crippen molar-refractivity contribution in [3.63, 3.8) is 0 Å². The molecule has 1 aromatic carbocycles. The molecule has 1 aromatic heterocycles. The van der Waals surface area contributed by atoms with Crippen molar-refractivity contribution in [2.45, 2.75) is 20.8 Å². The van der Waals surface area contributed by atoms with Gasteiger partial charge >= 0.3 is 0 Å². The molecule has 1 heterocycles. The Morgan fingerprint density at radius 2 is 2.00 bits per heavy atom. The first kappa shape index (κ1) is 14.7. The topological polar surface area (TPSA) is 38.9 Å². The SMILES string of the molecule is C/C(=C\c1cnc(C)cc1C)c1cc(N)c(F)cc1Br. The average Bonchev–Trinajstić information content (AvgIpc) is 2.37. The van der Waals surface area contributed by atoms with Crippen LogP contribution in [0.15, 0.2) is 28.9 Å². The van der Waals surface area contributed by atoms with Gasteiger partial charge in [0.2, 0.25) is 0 Å². The molecule has 0 saturated carbocycles. The van der Waals surface area contributed by atoms with Crippen LogP contribution in [0.25, 0.3) is 11.6 Å². The fourth-order valence-corrected chi connectivity index (χ4v) is 2.67. The van der Waals surface area contributed by atoms with Crippen LogP contribution in [0.5, 0.6) is 0 Å². The molecule has 2 aromatic rings. The van der Waals surface area contributed by atoms with Gasteiger partial charge in [0, 0.05) is 16.4 Å². The minimum absolute atomic E-state index is 0.148. The molecule has 0 amide bonds. The molecular formula is C16H16BrFN2. The van der Waals surface area contributed by atoms with E-state index >= 15 is 0 Å². The van der Waals surface area contributed by atoms with Gasteiger partial charge in [-0.3, -0.25) is 4.98 Å². The Labute approximate surface area is 126 Å². The van der Waals surface area contributed by atoms with Gasteiger partial charge in [0.15, 0.2) is 0 Å². The van der Waals surface area contributed by atoms with Gasteiger partial charge in [-0.05, 0) is 67.3 Å². The van der Waals surface area contributed by atoms with Crippen LogP contribution in [0, 0.1) is 19.7 Å². The maximum absolute atomic E-state index is 13.4. The van der Waals surface area contributed by atoms with E-state index < -0.39 is 5.82 Å². The number of nitrogens with two attached hydrogens (primary N) is 1. The Morgan fingerprint density at radius 3 is 2.65 bits per heavy atom. The van der Waals surface area contributed by atoms with E-state index in [1.807, 2.05) is 39.1 Å². The van der Waals surface area contributed by atoms with E-state index in [1.54, 1.807) is 6.07 Å². The Morgan fingerprint density at radius 1 is 1.30 bits per heavy atom. The summed E-state index contributed by atoms with van der Waals surface area (Å²) in [6, 6.07) is 5.07. The second kappa shape index (κ2) is 5.75. The van der Waals surface area contributed by atoms with Crippen LogP contribution < -0.4 is 5.73 Å². The van der Waals surface area contributed by atoms with Crippen molar-refractivity contribution in [2.75, 3.05) is 5.73 Å². The Hall–Kier alpha value is -1.68. The third-order valence-corrected chi connectivity index (χ3v) is 3.83. The summed E-state index contributed by atoms with van der Waals surface area (Å²) in [6.07, 6.45) is 3.87. The molecule has 0 bridgehead atoms. The lowest BCUT2D eigenvalue weighted by Crippen LogP contribution is -1.94. The van der Waals surface area contributed by atoms with Crippen molar-refractivity contribution in [1.82, 2.24) is 4.98 Å². The van der Waals surface area contributed by atoms with Gasteiger partial charge in [-0.1, -0.05) is 15.9 Å². The van der Waals surface area contributed by atoms with Crippen LogP contribution >= 0.6 is 15.9 Å². The number of benzene rings is 1. The van der Waals surface area contributed by atoms with Gasteiger partial charge < -0.3 is 5.73 Å². The lowest BCUT2D eigenvalue weighted by Gasteiger charge is -2.09. The number of anilines is 1. The molecule has 2 N–H and O–H groups in total. The normalized spacial score (nSPS) is 11.8. The van der Waals surface area contributed by atoms with Crippen LogP contribution in [-0.2, 0) is 0 Å². The van der Waals surface area contributed by atoms with E-state index in [4.69, 9.17) is 5.73 Å². The molecule has 20 heavy (non-hydrogen) atoms. The standard InChI is InChI=1S/C16H16BrFN2/c1-9-4-11(3)20-8-12(9)5-10(2)13-6-16(19)15(18)7-14(13)17/h4-8H,19H2,1-3H3/b10-5+. The zero-order valence-corrected chi connectivity index (χ0v) is 13.3. The van der Waals surface area contributed by atoms with Crippen LogP contribution in [0.1, 0.15) is 29.3 Å². The summed E-state index contributed by atoms with van der Waals surface area (Å²) in [7, 11) is 0. The second-order valence-electron chi connectivity index (χ2n) is 4.86. The number of hydrogen-bond acceptors (Lipinski definition) is 2. The molecule has 4 heteroatoms. The van der Waals surface area contributed by atoms with Crippen molar-refractivity contribution >= 4 is 33.3 Å². The summed E-state index contributed by atoms with van der Waals surface area (Å²) in [6.45, 7) is 5.98. The second-order valence-corrected chi connectivity index (χ2v) is 5.72. The Balaban J connectivity index is 2.47. The third kappa shape index (κ3) is 3.07. The fraction of sp³-hybridized carbons (Fsp3) is 0.188. The molecule has 0 aliphatic heterocycles. The van der Waals surface area contributed by atoms with Crippen molar-refractivity contribution in [1.29, 1.82) is 0 Å². The number of halogens is 2. The number of aryl methyl sites for hydroxylation is 2. The molecular weight excluding hydrogens is 319 g/mol. The van der Waals surface area contributed by atoms with E-state index in [9.17, 15) is 4.39 Å². The van der Waals surface area contributed by atoms with Crippen molar-refractivity contribution < 1.29 is 4.39 Å². The van der Waals surface area contributed by atoms with E-state index in [2.05, 4.69) is 20.9 Å². The fourth-order valence-electron chi connectivity index (χ4n) is 2.04. The first-order valence-corrected chi connectivity index (χ1v) is 7.04. The maximum Gasteiger partial charge on any atom is 0.147 e. The van der Waals surface area contributed by atoms with Gasteiger partial charge in [0.1, 0.15) is 5.82 Å². The highest BCUT2D eigenvalue weighted by atomic mass is 79.9. The third-order valence-electron chi connectivity index (χ3n) is 3.17. The molecule has 0 unspecified atom stereocenters. The molecule has 2 rings (SSSR count). The van der Waals surface area contributed by atoms with E-state index in [-0.39, 0.29) is 5.69 Å². The predicted octanol–water partition coefficient (Wildman–Crippen LogP) is 4.74. The Kier molecular flexibility index (Phi) is 4.23. The highest BCUT2D eigenvalue weighted by Gasteiger charge is 2.08. The summed E-state index contributed by atoms with van der Waals surface area (Å²) in [5, 5.41) is 0. The van der Waals surface area contributed by atoms with Gasteiger partial charge in [0.05, 0.1) is 5.69 Å². The summed E-state index contributed by atoms with van der Waals surface area (Å²) in [4.78, 5) is 4.30. The zero-order valence-electron chi connectivity index (χ0n) is 11.7. The first-order valence-electron chi connectivity index (χ1n) is 6.25. The van der Waals surface area contributed by atoms with Gasteiger partial charge in [-0.15, -0.1) is 0 Å². The number of rotatable bonds is 2. The van der Waals surface area contributed by atoms with Crippen LogP contribution in [0.2, 0.25) is 0 Å². The monoisotopic (exact) mass is 334 g/mol. The number of nitrogens with zero attached hydrogens (tertiary/aromatic N) is 1. The summed E-state index contributed by atoms with van der Waals surface area (Å²) in [5.74, 6) is -0.415. The molecule has 0 aliphatic rings. The predicted molar refractivity (Wildman–Crippen MR) is 85.8 cm³/mol. The molecule has 0 spiro atoms. The minimum atomic E-state index is -0.415.